The van der Waals surface area contributed by atoms with E-state index in [1.54, 1.807) is 0 Å². The summed E-state index contributed by atoms with van der Waals surface area (Å²) in [4.78, 5) is 15.3. The minimum Gasteiger partial charge on any atom is -0.481 e. The van der Waals surface area contributed by atoms with E-state index in [0.29, 0.717) is 5.02 Å². The number of carbonyl (C=O) groups is 1. The molecule has 1 saturated carbocycles. The van der Waals surface area contributed by atoms with Crippen LogP contribution in [0.5, 0.6) is 0 Å². The van der Waals surface area contributed by atoms with Gasteiger partial charge in [0, 0.05) is 6.54 Å². The van der Waals surface area contributed by atoms with Crippen molar-refractivity contribution in [2.75, 3.05) is 5.75 Å². The Hall–Kier alpha value is -1.20. The van der Waals surface area contributed by atoms with Crippen molar-refractivity contribution in [3.63, 3.8) is 0 Å². The Morgan fingerprint density at radius 1 is 1.48 bits per heavy atom. The van der Waals surface area contributed by atoms with Crippen molar-refractivity contribution >= 4 is 40.4 Å². The maximum absolute atomic E-state index is 10.8. The first-order valence-corrected chi connectivity index (χ1v) is 8.51. The van der Waals surface area contributed by atoms with Crippen LogP contribution in [-0.2, 0) is 11.3 Å². The first-order valence-electron chi connectivity index (χ1n) is 7.14. The molecule has 21 heavy (non-hydrogen) atoms. The summed E-state index contributed by atoms with van der Waals surface area (Å²) in [5.74, 6) is -0.0179. The molecule has 0 atom stereocenters. The van der Waals surface area contributed by atoms with E-state index >= 15 is 0 Å². The van der Waals surface area contributed by atoms with Gasteiger partial charge in [-0.05, 0) is 24.5 Å². The minimum atomic E-state index is -0.830. The molecule has 1 aromatic carbocycles. The number of nitrogens with zero attached hydrogens (tertiary/aromatic N) is 2. The van der Waals surface area contributed by atoms with Gasteiger partial charge in [-0.1, -0.05) is 48.7 Å². The highest BCUT2D eigenvalue weighted by Gasteiger charge is 2.20. The number of carboxylic acids is 1. The fraction of sp³-hybridized carbons (Fsp3) is 0.467. The lowest BCUT2D eigenvalue weighted by Gasteiger charge is -2.25. The molecule has 112 valence electrons. The van der Waals surface area contributed by atoms with Gasteiger partial charge in [-0.15, -0.1) is 0 Å². The smallest absolute Gasteiger partial charge is 0.313 e. The molecule has 0 amide bonds. The highest BCUT2D eigenvalue weighted by atomic mass is 35.5. The third-order valence-electron chi connectivity index (χ3n) is 3.99. The third kappa shape index (κ3) is 3.19. The van der Waals surface area contributed by atoms with Gasteiger partial charge in [0.15, 0.2) is 5.16 Å². The van der Waals surface area contributed by atoms with Crippen molar-refractivity contribution in [2.24, 2.45) is 5.92 Å². The molecule has 1 fully saturated rings. The molecule has 0 spiro atoms. The number of rotatable bonds is 6. The average Bonchev–Trinajstić information content (AvgIpc) is 2.74. The summed E-state index contributed by atoms with van der Waals surface area (Å²) in [6, 6.07) is 5.66. The van der Waals surface area contributed by atoms with Gasteiger partial charge >= 0.3 is 5.97 Å². The number of aryl methyl sites for hydroxylation is 1. The number of halogens is 1. The van der Waals surface area contributed by atoms with Crippen LogP contribution >= 0.6 is 23.4 Å². The van der Waals surface area contributed by atoms with E-state index in [0.717, 1.165) is 35.1 Å². The van der Waals surface area contributed by atoms with Gasteiger partial charge in [0.2, 0.25) is 0 Å². The van der Waals surface area contributed by atoms with Crippen LogP contribution in [0.15, 0.2) is 23.4 Å². The summed E-state index contributed by atoms with van der Waals surface area (Å²) in [5.41, 5.74) is 1.76. The van der Waals surface area contributed by atoms with Crippen molar-refractivity contribution < 1.29 is 9.90 Å². The fourth-order valence-electron chi connectivity index (χ4n) is 2.66. The largest absolute Gasteiger partial charge is 0.481 e. The quantitative estimate of drug-likeness (QED) is 0.814. The molecule has 1 aliphatic carbocycles. The molecule has 1 aliphatic rings. The number of hydrogen-bond acceptors (Lipinski definition) is 3. The lowest BCUT2D eigenvalue weighted by molar-refractivity contribution is -0.133. The van der Waals surface area contributed by atoms with Crippen LogP contribution < -0.4 is 0 Å². The van der Waals surface area contributed by atoms with Crippen LogP contribution in [0.25, 0.3) is 11.0 Å². The predicted molar refractivity (Wildman–Crippen MR) is 85.1 cm³/mol. The molecule has 3 rings (SSSR count). The van der Waals surface area contributed by atoms with E-state index in [-0.39, 0.29) is 5.75 Å². The molecule has 6 heteroatoms. The van der Waals surface area contributed by atoms with E-state index in [2.05, 4.69) is 9.55 Å². The van der Waals surface area contributed by atoms with E-state index in [1.165, 1.54) is 31.0 Å². The maximum atomic E-state index is 10.8. The second-order valence-electron chi connectivity index (χ2n) is 5.42. The molecule has 1 heterocycles. The second-order valence-corrected chi connectivity index (χ2v) is 6.77. The van der Waals surface area contributed by atoms with Crippen molar-refractivity contribution in [2.45, 2.75) is 37.4 Å². The number of aromatic nitrogens is 2. The van der Waals surface area contributed by atoms with Gasteiger partial charge in [-0.3, -0.25) is 4.79 Å². The molecule has 0 unspecified atom stereocenters. The number of aliphatic carboxylic acids is 1. The van der Waals surface area contributed by atoms with Gasteiger partial charge in [-0.2, -0.15) is 0 Å². The van der Waals surface area contributed by atoms with Gasteiger partial charge in [-0.25, -0.2) is 4.98 Å². The number of imidazole rings is 1. The standard InChI is InChI=1S/C15H17ClN2O2S/c16-11-5-2-6-12-14(11)18(8-7-10-3-1-4-10)15(17-12)21-9-13(19)20/h2,5-6,10H,1,3-4,7-9H2,(H,19,20). The molecular formula is C15H17ClN2O2S. The highest BCUT2D eigenvalue weighted by molar-refractivity contribution is 7.99. The maximum Gasteiger partial charge on any atom is 0.313 e. The van der Waals surface area contributed by atoms with Crippen LogP contribution in [0.2, 0.25) is 5.02 Å². The fourth-order valence-corrected chi connectivity index (χ4v) is 3.68. The van der Waals surface area contributed by atoms with Crippen LogP contribution in [0.3, 0.4) is 0 Å². The van der Waals surface area contributed by atoms with Gasteiger partial charge < -0.3 is 9.67 Å². The first-order chi connectivity index (χ1) is 10.1. The SMILES string of the molecule is O=C(O)CSc1nc2cccc(Cl)c2n1CCC1CCC1. The zero-order valence-corrected chi connectivity index (χ0v) is 13.2. The topological polar surface area (TPSA) is 55.1 Å². The van der Waals surface area contributed by atoms with E-state index in [1.807, 2.05) is 18.2 Å². The van der Waals surface area contributed by atoms with Crippen molar-refractivity contribution in [3.05, 3.63) is 23.2 Å². The van der Waals surface area contributed by atoms with Gasteiger partial charge in [0.25, 0.3) is 0 Å². The molecule has 4 nitrogen and oxygen atoms in total. The number of para-hydroxylation sites is 1. The van der Waals surface area contributed by atoms with Crippen molar-refractivity contribution in [1.82, 2.24) is 9.55 Å². The van der Waals surface area contributed by atoms with Crippen LogP contribution in [0.4, 0.5) is 0 Å². The summed E-state index contributed by atoms with van der Waals surface area (Å²) < 4.78 is 2.09. The summed E-state index contributed by atoms with van der Waals surface area (Å²) in [6.07, 6.45) is 5.05. The molecule has 0 bridgehead atoms. The van der Waals surface area contributed by atoms with E-state index in [4.69, 9.17) is 16.7 Å². The zero-order chi connectivity index (χ0) is 14.8. The van der Waals surface area contributed by atoms with Gasteiger partial charge in [0.1, 0.15) is 0 Å². The monoisotopic (exact) mass is 324 g/mol. The van der Waals surface area contributed by atoms with Crippen molar-refractivity contribution in [1.29, 1.82) is 0 Å². The third-order valence-corrected chi connectivity index (χ3v) is 5.26. The average molecular weight is 325 g/mol. The molecule has 1 N–H and O–H groups in total. The Balaban J connectivity index is 1.90. The van der Waals surface area contributed by atoms with Crippen LogP contribution in [0, 0.1) is 5.92 Å². The van der Waals surface area contributed by atoms with Crippen LogP contribution in [0.1, 0.15) is 25.7 Å². The molecule has 0 aliphatic heterocycles. The van der Waals surface area contributed by atoms with Gasteiger partial charge in [0.05, 0.1) is 21.8 Å². The van der Waals surface area contributed by atoms with Crippen LogP contribution in [-0.4, -0.2) is 26.4 Å². The Kier molecular flexibility index (Phi) is 4.40. The van der Waals surface area contributed by atoms with E-state index in [9.17, 15) is 4.79 Å². The van der Waals surface area contributed by atoms with Crippen molar-refractivity contribution in [3.8, 4) is 0 Å². The number of fused-ring (bicyclic) bond motifs is 1. The highest BCUT2D eigenvalue weighted by Crippen LogP contribution is 2.33. The summed E-state index contributed by atoms with van der Waals surface area (Å²) in [6.45, 7) is 0.854. The lowest BCUT2D eigenvalue weighted by Crippen LogP contribution is -2.14. The Bertz CT molecular complexity index is 667. The Morgan fingerprint density at radius 3 is 2.95 bits per heavy atom. The Labute approximate surface area is 132 Å². The summed E-state index contributed by atoms with van der Waals surface area (Å²) in [5, 5.41) is 10.3. The lowest BCUT2D eigenvalue weighted by atomic mass is 9.83. The minimum absolute atomic E-state index is 0.0182. The van der Waals surface area contributed by atoms with E-state index < -0.39 is 5.97 Å². The summed E-state index contributed by atoms with van der Waals surface area (Å²) >= 11 is 7.58. The number of benzene rings is 1. The number of hydrogen-bond donors (Lipinski definition) is 1. The molecule has 2 aromatic rings. The number of carboxylic acid groups (broad SMARTS) is 1. The predicted octanol–water partition coefficient (Wildman–Crippen LogP) is 4.06. The Morgan fingerprint density at radius 2 is 2.29 bits per heavy atom. The first kappa shape index (κ1) is 14.7. The zero-order valence-electron chi connectivity index (χ0n) is 11.6. The normalized spacial score (nSPS) is 15.3. The molecule has 1 aromatic heterocycles. The summed E-state index contributed by atoms with van der Waals surface area (Å²) in [7, 11) is 0. The second kappa shape index (κ2) is 6.28. The molecular weight excluding hydrogens is 308 g/mol. The molecule has 0 saturated heterocycles. The number of thioether (sulfide) groups is 1. The molecule has 0 radical (unpaired) electrons.